The lowest BCUT2D eigenvalue weighted by Gasteiger charge is -2.17. The molecular formula is C7H7NS. The van der Waals surface area contributed by atoms with Crippen molar-refractivity contribution < 1.29 is 0 Å². The Morgan fingerprint density at radius 2 is 2.33 bits per heavy atom. The van der Waals surface area contributed by atoms with Crippen LogP contribution in [0.25, 0.3) is 0 Å². The summed E-state index contributed by atoms with van der Waals surface area (Å²) in [5.74, 6) is 1.14. The summed E-state index contributed by atoms with van der Waals surface area (Å²) in [7, 11) is 0. The number of hydrogen-bond acceptors (Lipinski definition) is 2. The summed E-state index contributed by atoms with van der Waals surface area (Å²) in [5, 5.41) is 0. The van der Waals surface area contributed by atoms with E-state index in [4.69, 9.17) is 5.73 Å². The molecule has 1 nitrogen and oxygen atoms in total. The molecule has 0 bridgehead atoms. The standard InChI is InChI=1S/C7H7NS/c8-6-1-2-7-5(3-6)4-9-7/h1-3H,4,8H2. The molecule has 0 spiro atoms. The lowest BCUT2D eigenvalue weighted by atomic mass is 10.2. The highest BCUT2D eigenvalue weighted by Gasteiger charge is 2.12. The van der Waals surface area contributed by atoms with Gasteiger partial charge in [-0.05, 0) is 23.8 Å². The van der Waals surface area contributed by atoms with Crippen LogP contribution >= 0.6 is 11.8 Å². The zero-order valence-electron chi connectivity index (χ0n) is 4.92. The Bertz CT molecular complexity index is 245. The van der Waals surface area contributed by atoms with E-state index in [-0.39, 0.29) is 0 Å². The summed E-state index contributed by atoms with van der Waals surface area (Å²) in [6.45, 7) is 0. The van der Waals surface area contributed by atoms with E-state index < -0.39 is 0 Å². The lowest BCUT2D eigenvalue weighted by molar-refractivity contribution is 1.20. The van der Waals surface area contributed by atoms with Crippen LogP contribution in [0.4, 0.5) is 5.69 Å². The Balaban J connectivity index is 2.57. The Morgan fingerprint density at radius 1 is 1.44 bits per heavy atom. The van der Waals surface area contributed by atoms with Crippen molar-refractivity contribution in [3.63, 3.8) is 0 Å². The first-order valence-electron chi connectivity index (χ1n) is 2.87. The SMILES string of the molecule is Nc1ccc2c(c1)CS2. The summed E-state index contributed by atoms with van der Waals surface area (Å²) in [6.07, 6.45) is 0. The number of nitrogens with two attached hydrogens (primary N) is 1. The topological polar surface area (TPSA) is 26.0 Å². The maximum atomic E-state index is 5.55. The molecule has 0 atom stereocenters. The van der Waals surface area contributed by atoms with Gasteiger partial charge in [0.15, 0.2) is 0 Å². The van der Waals surface area contributed by atoms with Crippen LogP contribution in [0.3, 0.4) is 0 Å². The van der Waals surface area contributed by atoms with Crippen molar-refractivity contribution in [2.45, 2.75) is 10.6 Å². The van der Waals surface area contributed by atoms with Crippen LogP contribution in [0.2, 0.25) is 0 Å². The Hall–Kier alpha value is -0.630. The summed E-state index contributed by atoms with van der Waals surface area (Å²) < 4.78 is 0. The molecular weight excluding hydrogens is 130 g/mol. The molecule has 46 valence electrons. The van der Waals surface area contributed by atoms with Gasteiger partial charge < -0.3 is 5.73 Å². The molecule has 9 heavy (non-hydrogen) atoms. The molecule has 0 unspecified atom stereocenters. The van der Waals surface area contributed by atoms with Crippen LogP contribution in [-0.2, 0) is 5.75 Å². The zero-order valence-corrected chi connectivity index (χ0v) is 5.74. The van der Waals surface area contributed by atoms with Crippen LogP contribution in [-0.4, -0.2) is 0 Å². The molecule has 0 amide bonds. The summed E-state index contributed by atoms with van der Waals surface area (Å²) in [4.78, 5) is 1.39. The van der Waals surface area contributed by atoms with Crippen molar-refractivity contribution in [3.8, 4) is 0 Å². The van der Waals surface area contributed by atoms with Crippen molar-refractivity contribution in [2.75, 3.05) is 5.73 Å². The molecule has 1 aromatic rings. The molecule has 2 N–H and O–H groups in total. The lowest BCUT2D eigenvalue weighted by Crippen LogP contribution is -1.97. The molecule has 0 fully saturated rings. The van der Waals surface area contributed by atoms with Gasteiger partial charge >= 0.3 is 0 Å². The molecule has 1 heterocycles. The second-order valence-electron chi connectivity index (χ2n) is 2.16. The van der Waals surface area contributed by atoms with Crippen LogP contribution in [0.15, 0.2) is 23.1 Å². The third kappa shape index (κ3) is 0.704. The summed E-state index contributed by atoms with van der Waals surface area (Å²) >= 11 is 1.88. The number of thioether (sulfide) groups is 1. The van der Waals surface area contributed by atoms with Crippen molar-refractivity contribution in [3.05, 3.63) is 23.8 Å². The molecule has 0 saturated heterocycles. The highest BCUT2D eigenvalue weighted by atomic mass is 32.2. The first-order valence-corrected chi connectivity index (χ1v) is 3.86. The fraction of sp³-hybridized carbons (Fsp3) is 0.143. The Morgan fingerprint density at radius 3 is 2.78 bits per heavy atom. The average molecular weight is 137 g/mol. The van der Waals surface area contributed by atoms with Crippen LogP contribution in [0, 0.1) is 0 Å². The highest BCUT2D eigenvalue weighted by Crippen LogP contribution is 2.38. The molecule has 0 radical (unpaired) electrons. The van der Waals surface area contributed by atoms with Gasteiger partial charge in [-0.1, -0.05) is 0 Å². The minimum absolute atomic E-state index is 0.883. The van der Waals surface area contributed by atoms with Gasteiger partial charge in [0, 0.05) is 16.3 Å². The van der Waals surface area contributed by atoms with Crippen molar-refractivity contribution >= 4 is 17.4 Å². The molecule has 2 rings (SSSR count). The van der Waals surface area contributed by atoms with E-state index in [9.17, 15) is 0 Å². The number of rotatable bonds is 0. The van der Waals surface area contributed by atoms with Gasteiger partial charge in [0.05, 0.1) is 0 Å². The molecule has 1 aromatic carbocycles. The predicted molar refractivity (Wildman–Crippen MR) is 40.4 cm³/mol. The molecule has 0 aliphatic carbocycles. The van der Waals surface area contributed by atoms with E-state index in [1.54, 1.807) is 0 Å². The maximum Gasteiger partial charge on any atom is 0.0317 e. The Labute approximate surface area is 58.3 Å². The number of anilines is 1. The minimum Gasteiger partial charge on any atom is -0.399 e. The van der Waals surface area contributed by atoms with Gasteiger partial charge in [-0.15, -0.1) is 11.8 Å². The van der Waals surface area contributed by atoms with Crippen LogP contribution < -0.4 is 5.73 Å². The maximum absolute atomic E-state index is 5.55. The van der Waals surface area contributed by atoms with E-state index in [0.29, 0.717) is 0 Å². The van der Waals surface area contributed by atoms with Gasteiger partial charge in [0.2, 0.25) is 0 Å². The van der Waals surface area contributed by atoms with E-state index in [2.05, 4.69) is 6.07 Å². The fourth-order valence-electron chi connectivity index (χ4n) is 0.928. The van der Waals surface area contributed by atoms with Crippen molar-refractivity contribution in [1.82, 2.24) is 0 Å². The van der Waals surface area contributed by atoms with E-state index in [1.807, 2.05) is 23.9 Å². The summed E-state index contributed by atoms with van der Waals surface area (Å²) in [6, 6.07) is 6.08. The third-order valence-corrected chi connectivity index (χ3v) is 2.63. The first-order chi connectivity index (χ1) is 4.36. The number of hydrogen-bond donors (Lipinski definition) is 1. The fourth-order valence-corrected chi connectivity index (χ4v) is 1.71. The van der Waals surface area contributed by atoms with Gasteiger partial charge in [-0.2, -0.15) is 0 Å². The van der Waals surface area contributed by atoms with E-state index >= 15 is 0 Å². The average Bonchev–Trinajstić information content (AvgIpc) is 1.78. The molecule has 0 aromatic heterocycles. The quantitative estimate of drug-likeness (QED) is 0.552. The smallest absolute Gasteiger partial charge is 0.0317 e. The van der Waals surface area contributed by atoms with Gasteiger partial charge in [0.1, 0.15) is 0 Å². The minimum atomic E-state index is 0.883. The van der Waals surface area contributed by atoms with Crippen LogP contribution in [0.5, 0.6) is 0 Å². The van der Waals surface area contributed by atoms with Crippen LogP contribution in [0.1, 0.15) is 5.56 Å². The van der Waals surface area contributed by atoms with E-state index in [1.165, 1.54) is 10.5 Å². The normalized spacial score (nSPS) is 14.2. The second-order valence-corrected chi connectivity index (χ2v) is 3.17. The molecule has 1 aliphatic heterocycles. The van der Waals surface area contributed by atoms with E-state index in [0.717, 1.165) is 11.4 Å². The van der Waals surface area contributed by atoms with Crippen molar-refractivity contribution in [1.29, 1.82) is 0 Å². The summed E-state index contributed by atoms with van der Waals surface area (Å²) in [5.41, 5.74) is 7.84. The molecule has 0 saturated carbocycles. The molecule has 1 aliphatic rings. The monoisotopic (exact) mass is 137 g/mol. The van der Waals surface area contributed by atoms with Gasteiger partial charge in [-0.25, -0.2) is 0 Å². The molecule has 2 heteroatoms. The third-order valence-electron chi connectivity index (χ3n) is 1.47. The number of benzene rings is 1. The largest absolute Gasteiger partial charge is 0.399 e. The first kappa shape index (κ1) is 5.18. The van der Waals surface area contributed by atoms with Crippen molar-refractivity contribution in [2.24, 2.45) is 0 Å². The van der Waals surface area contributed by atoms with Gasteiger partial charge in [-0.3, -0.25) is 0 Å². The predicted octanol–water partition coefficient (Wildman–Crippen LogP) is 1.87. The zero-order chi connectivity index (χ0) is 6.27. The Kier molecular flexibility index (Phi) is 0.963. The number of fused-ring (bicyclic) bond motifs is 1. The number of nitrogen functional groups attached to an aromatic ring is 1. The second kappa shape index (κ2) is 1.67. The highest BCUT2D eigenvalue weighted by molar-refractivity contribution is 7.99. The van der Waals surface area contributed by atoms with Gasteiger partial charge in [0.25, 0.3) is 0 Å².